The topological polar surface area (TPSA) is 142 Å². The molecular weight excluding hydrogens is 732 g/mol. The first-order valence-electron chi connectivity index (χ1n) is 19.3. The highest BCUT2D eigenvalue weighted by Gasteiger charge is 2.63. The summed E-state index contributed by atoms with van der Waals surface area (Å²) in [5, 5.41) is 20.5. The number of aliphatic hydroxyl groups excluding tert-OH is 2. The Bertz CT molecular complexity index is 910. The Morgan fingerprint density at radius 1 is 0.849 bits per heavy atom. The Labute approximate surface area is 340 Å². The SMILES string of the molecule is CCC.CCCC(C)(C)C(C)(C)C(C)(C)C(C)(C(=O)OCCO)C(C)(C)C.C[N+](C)(C)CCO.O=COCCNC(=O)CCCCC(S)CCS.OP. The van der Waals surface area contributed by atoms with Gasteiger partial charge in [0.15, 0.2) is 0 Å². The number of amides is 1. The quantitative estimate of drug-likeness (QED) is 0.0172. The molecule has 3 atom stereocenters. The molecule has 53 heavy (non-hydrogen) atoms. The Balaban J connectivity index is -0.000000228. The van der Waals surface area contributed by atoms with Crippen LogP contribution in [0.2, 0.25) is 0 Å². The number of rotatable bonds is 21. The van der Waals surface area contributed by atoms with Crippen LogP contribution in [-0.4, -0.2) is 110 Å². The van der Waals surface area contributed by atoms with Gasteiger partial charge in [-0.25, -0.2) is 0 Å². The maximum Gasteiger partial charge on any atom is 0.312 e. The summed E-state index contributed by atoms with van der Waals surface area (Å²) in [4.78, 5) is 41.2. The molecule has 0 rings (SSSR count). The molecule has 0 aromatic rings. The highest BCUT2D eigenvalue weighted by molar-refractivity contribution is 7.81. The summed E-state index contributed by atoms with van der Waals surface area (Å²) < 4.78 is 10.7. The smallest absolute Gasteiger partial charge is 0.312 e. The fourth-order valence-electron chi connectivity index (χ4n) is 5.83. The van der Waals surface area contributed by atoms with Gasteiger partial charge >= 0.3 is 5.97 Å². The predicted molar refractivity (Wildman–Crippen MR) is 234 cm³/mol. The second-order valence-corrected chi connectivity index (χ2v) is 18.5. The maximum atomic E-state index is 13.1. The van der Waals surface area contributed by atoms with Crippen molar-refractivity contribution in [1.29, 1.82) is 0 Å². The summed E-state index contributed by atoms with van der Waals surface area (Å²) in [7, 11) is 7.57. The normalized spacial score (nSPS) is 13.4. The number of carbonyl (C=O) groups is 3. The first kappa shape index (κ1) is 61.6. The Morgan fingerprint density at radius 2 is 1.36 bits per heavy atom. The van der Waals surface area contributed by atoms with Crippen LogP contribution in [0.1, 0.15) is 141 Å². The van der Waals surface area contributed by atoms with Crippen molar-refractivity contribution >= 4 is 53.1 Å². The molecule has 13 heteroatoms. The molecule has 0 saturated carbocycles. The van der Waals surface area contributed by atoms with Crippen LogP contribution in [0.3, 0.4) is 0 Å². The number of nitrogens with zero attached hydrogens (tertiary/aromatic N) is 1. The summed E-state index contributed by atoms with van der Waals surface area (Å²) in [6, 6.07) is 0. The van der Waals surface area contributed by atoms with Crippen molar-refractivity contribution in [3.05, 3.63) is 0 Å². The standard InChI is InChI=1S/C21H42O3.C11H21NO3S2.C5H14NO.C3H8.H3OP/c1-12-13-18(5,6)19(7,8)20(9,10)21(11,17(2,3)4)16(23)24-15-14-22;13-9-15-7-6-12-11(14)4-2-1-3-10(17)5-8-16;1-6(2,3)4-5-7;1-3-2;1-2/h22H,12-15H2,1-11H3;9-10,16-17H,1-8H2,(H,12,14);7H,4-5H2,1-3H3;3H2,1-2H3;1H,2H2/q;;+1;;. The van der Waals surface area contributed by atoms with Crippen molar-refractivity contribution in [3.8, 4) is 0 Å². The number of likely N-dealkylation sites (N-methyl/N-ethyl adjacent to an activating group) is 1. The monoisotopic (exact) mass is 820 g/mol. The van der Waals surface area contributed by atoms with E-state index in [4.69, 9.17) is 19.8 Å². The van der Waals surface area contributed by atoms with E-state index >= 15 is 0 Å². The molecule has 0 heterocycles. The van der Waals surface area contributed by atoms with E-state index in [0.717, 1.165) is 55.3 Å². The van der Waals surface area contributed by atoms with Crippen LogP contribution in [0.25, 0.3) is 0 Å². The first-order chi connectivity index (χ1) is 24.2. The molecule has 4 N–H and O–H groups in total. The third-order valence-corrected chi connectivity index (χ3v) is 11.4. The second-order valence-electron chi connectivity index (χ2n) is 17.3. The van der Waals surface area contributed by atoms with E-state index in [1.54, 1.807) is 0 Å². The summed E-state index contributed by atoms with van der Waals surface area (Å²) in [6.07, 6.45) is 7.88. The van der Waals surface area contributed by atoms with Gasteiger partial charge in [0.2, 0.25) is 5.91 Å². The molecule has 0 fully saturated rings. The van der Waals surface area contributed by atoms with Gasteiger partial charge in [-0.2, -0.15) is 25.3 Å². The number of esters is 1. The van der Waals surface area contributed by atoms with Crippen LogP contribution in [0.5, 0.6) is 0 Å². The van der Waals surface area contributed by atoms with Gasteiger partial charge in [0.05, 0.1) is 46.3 Å². The third kappa shape index (κ3) is 26.0. The molecule has 0 bridgehead atoms. The van der Waals surface area contributed by atoms with Gasteiger partial charge in [0, 0.05) is 11.7 Å². The molecule has 1 amide bonds. The number of quaternary nitrogens is 1. The zero-order valence-electron chi connectivity index (χ0n) is 37.1. The van der Waals surface area contributed by atoms with Gasteiger partial charge < -0.3 is 34.4 Å². The lowest BCUT2D eigenvalue weighted by atomic mass is 9.42. The first-order valence-corrected chi connectivity index (χ1v) is 20.9. The molecule has 0 saturated heterocycles. The molecular formula is C40H88N2O8PS2+. The highest BCUT2D eigenvalue weighted by Crippen LogP contribution is 2.65. The fourth-order valence-corrected chi connectivity index (χ4v) is 6.66. The van der Waals surface area contributed by atoms with Crippen LogP contribution >= 0.6 is 34.7 Å². The minimum absolute atomic E-state index is 0.00408. The minimum Gasteiger partial charge on any atom is -0.466 e. The van der Waals surface area contributed by atoms with E-state index in [9.17, 15) is 14.4 Å². The summed E-state index contributed by atoms with van der Waals surface area (Å²) in [5.41, 5.74) is -1.30. The van der Waals surface area contributed by atoms with Crippen molar-refractivity contribution < 1.29 is 43.4 Å². The fraction of sp³-hybridized carbons (Fsp3) is 0.925. The average Bonchev–Trinajstić information content (AvgIpc) is 3.04. The van der Waals surface area contributed by atoms with Gasteiger partial charge in [-0.3, -0.25) is 14.4 Å². The van der Waals surface area contributed by atoms with Crippen molar-refractivity contribution in [2.45, 2.75) is 147 Å². The zero-order valence-corrected chi connectivity index (χ0v) is 40.0. The zero-order chi connectivity index (χ0) is 43.2. The number of nitrogens with one attached hydrogen (secondary N) is 1. The Morgan fingerprint density at radius 3 is 1.72 bits per heavy atom. The Kier molecular flexibility index (Phi) is 37.7. The van der Waals surface area contributed by atoms with Crippen LogP contribution in [0.4, 0.5) is 0 Å². The lowest BCUT2D eigenvalue weighted by Crippen LogP contribution is -2.60. The predicted octanol–water partition coefficient (Wildman–Crippen LogP) is 7.78. The number of ether oxygens (including phenoxy) is 2. The van der Waals surface area contributed by atoms with Gasteiger partial charge in [-0.1, -0.05) is 102 Å². The van der Waals surface area contributed by atoms with Gasteiger partial charge in [-0.05, 0) is 69.5 Å². The molecule has 0 aromatic heterocycles. The Hall–Kier alpha value is -0.620. The van der Waals surface area contributed by atoms with Gasteiger partial charge in [-0.15, -0.1) is 0 Å². The molecule has 10 nitrogen and oxygen atoms in total. The van der Waals surface area contributed by atoms with Gasteiger partial charge in [0.1, 0.15) is 19.8 Å². The van der Waals surface area contributed by atoms with Crippen LogP contribution in [-0.2, 0) is 23.9 Å². The molecule has 0 aromatic carbocycles. The molecule has 0 aliphatic heterocycles. The minimum atomic E-state index is -0.691. The van der Waals surface area contributed by atoms with E-state index in [1.165, 1.54) is 15.9 Å². The third-order valence-electron chi connectivity index (χ3n) is 10.6. The van der Waals surface area contributed by atoms with Crippen molar-refractivity contribution in [2.75, 3.05) is 66.4 Å². The van der Waals surface area contributed by atoms with Crippen LogP contribution < -0.4 is 5.32 Å². The molecule has 0 aliphatic rings. The van der Waals surface area contributed by atoms with E-state index in [0.29, 0.717) is 24.7 Å². The summed E-state index contributed by atoms with van der Waals surface area (Å²) in [6.45, 7) is 30.4. The van der Waals surface area contributed by atoms with E-state index in [1.807, 2.05) is 6.92 Å². The number of hydrogen-bond acceptors (Lipinski definition) is 10. The number of carbonyl (C=O) groups excluding carboxylic acids is 3. The lowest BCUT2D eigenvalue weighted by Gasteiger charge is -2.62. The maximum absolute atomic E-state index is 13.1. The van der Waals surface area contributed by atoms with E-state index in [2.05, 4.69) is 140 Å². The number of thiol groups is 2. The lowest BCUT2D eigenvalue weighted by molar-refractivity contribution is -0.870. The van der Waals surface area contributed by atoms with E-state index in [-0.39, 0.29) is 60.0 Å². The molecule has 322 valence electrons. The summed E-state index contributed by atoms with van der Waals surface area (Å²) in [5.74, 6) is 0.643. The summed E-state index contributed by atoms with van der Waals surface area (Å²) >= 11 is 8.56. The van der Waals surface area contributed by atoms with E-state index < -0.39 is 5.41 Å². The second kappa shape index (κ2) is 32.5. The number of aliphatic hydroxyl groups is 2. The number of unbranched alkanes of at least 4 members (excludes halogenated alkanes) is 1. The van der Waals surface area contributed by atoms with Crippen LogP contribution in [0, 0.1) is 27.1 Å². The van der Waals surface area contributed by atoms with Crippen molar-refractivity contribution in [3.63, 3.8) is 0 Å². The molecule has 0 aliphatic carbocycles. The van der Waals surface area contributed by atoms with Crippen LogP contribution in [0.15, 0.2) is 0 Å². The van der Waals surface area contributed by atoms with Gasteiger partial charge in [0.25, 0.3) is 6.47 Å². The highest BCUT2D eigenvalue weighted by atomic mass is 32.1. The average molecular weight is 820 g/mol. The molecule has 3 unspecified atom stereocenters. The van der Waals surface area contributed by atoms with Crippen molar-refractivity contribution in [2.24, 2.45) is 27.1 Å². The molecule has 0 radical (unpaired) electrons. The number of hydrogen-bond donors (Lipinski definition) is 6. The van der Waals surface area contributed by atoms with Crippen molar-refractivity contribution in [1.82, 2.24) is 5.32 Å². The largest absolute Gasteiger partial charge is 0.466 e. The molecule has 0 spiro atoms.